The number of nitriles is 1. The Balaban J connectivity index is 1.60. The Bertz CT molecular complexity index is 851. The number of hydrogen-bond acceptors (Lipinski definition) is 4. The standard InChI is InChI=1S/C22H24FN3O/c1-16(2)14-26-10-8-18(9-11-26)21-4-3-5-22(25-21)27-15-19-7-6-17(13-24)12-20(19)23/h3-7,12,18H,1,8-11,14-15H2,2H3. The zero-order valence-corrected chi connectivity index (χ0v) is 15.6. The van der Waals surface area contributed by atoms with Gasteiger partial charge in [-0.15, -0.1) is 0 Å². The van der Waals surface area contributed by atoms with E-state index in [9.17, 15) is 4.39 Å². The molecule has 1 aliphatic rings. The summed E-state index contributed by atoms with van der Waals surface area (Å²) in [7, 11) is 0. The van der Waals surface area contributed by atoms with E-state index >= 15 is 0 Å². The van der Waals surface area contributed by atoms with E-state index in [1.54, 1.807) is 18.2 Å². The van der Waals surface area contributed by atoms with Crippen LogP contribution < -0.4 is 4.74 Å². The van der Waals surface area contributed by atoms with Crippen molar-refractivity contribution in [2.24, 2.45) is 0 Å². The van der Waals surface area contributed by atoms with Crippen molar-refractivity contribution >= 4 is 0 Å². The van der Waals surface area contributed by atoms with Crippen molar-refractivity contribution in [2.75, 3.05) is 19.6 Å². The summed E-state index contributed by atoms with van der Waals surface area (Å²) < 4.78 is 19.7. The molecular formula is C22H24FN3O. The first-order chi connectivity index (χ1) is 13.0. The first-order valence-corrected chi connectivity index (χ1v) is 9.20. The Hall–Kier alpha value is -2.71. The lowest BCUT2D eigenvalue weighted by Crippen LogP contribution is -2.34. The Morgan fingerprint density at radius 1 is 1.33 bits per heavy atom. The van der Waals surface area contributed by atoms with Crippen LogP contribution in [0.3, 0.4) is 0 Å². The zero-order chi connectivity index (χ0) is 19.2. The van der Waals surface area contributed by atoms with Crippen LogP contribution in [0.4, 0.5) is 4.39 Å². The van der Waals surface area contributed by atoms with Crippen LogP contribution in [0.25, 0.3) is 0 Å². The van der Waals surface area contributed by atoms with Gasteiger partial charge in [0.05, 0.1) is 11.6 Å². The average molecular weight is 365 g/mol. The van der Waals surface area contributed by atoms with Crippen LogP contribution in [0.5, 0.6) is 5.88 Å². The fraction of sp³-hybridized carbons (Fsp3) is 0.364. The van der Waals surface area contributed by atoms with E-state index in [4.69, 9.17) is 10.00 Å². The summed E-state index contributed by atoms with van der Waals surface area (Å²) in [6, 6.07) is 12.1. The normalized spacial score (nSPS) is 15.3. The molecule has 1 fully saturated rings. The van der Waals surface area contributed by atoms with Gasteiger partial charge in [-0.05, 0) is 51.1 Å². The van der Waals surface area contributed by atoms with E-state index in [1.165, 1.54) is 11.6 Å². The Morgan fingerprint density at radius 3 is 2.78 bits per heavy atom. The summed E-state index contributed by atoms with van der Waals surface area (Å²) in [5.74, 6) is 0.484. The summed E-state index contributed by atoms with van der Waals surface area (Å²) in [5, 5.41) is 8.81. The highest BCUT2D eigenvalue weighted by molar-refractivity contribution is 5.32. The maximum Gasteiger partial charge on any atom is 0.213 e. The van der Waals surface area contributed by atoms with Crippen molar-refractivity contribution < 1.29 is 9.13 Å². The molecule has 0 bridgehead atoms. The van der Waals surface area contributed by atoms with Crippen molar-refractivity contribution in [3.05, 3.63) is 71.2 Å². The first-order valence-electron chi connectivity index (χ1n) is 9.20. The maximum atomic E-state index is 14.0. The van der Waals surface area contributed by atoms with Gasteiger partial charge in [0.15, 0.2) is 0 Å². The largest absolute Gasteiger partial charge is 0.473 e. The molecule has 2 aromatic rings. The number of rotatable bonds is 6. The number of aromatic nitrogens is 1. The highest BCUT2D eigenvalue weighted by Gasteiger charge is 2.21. The minimum Gasteiger partial charge on any atom is -0.473 e. The molecule has 0 radical (unpaired) electrons. The minimum absolute atomic E-state index is 0.0883. The molecule has 0 unspecified atom stereocenters. The van der Waals surface area contributed by atoms with E-state index < -0.39 is 5.82 Å². The molecule has 5 heteroatoms. The van der Waals surface area contributed by atoms with Crippen LogP contribution in [-0.2, 0) is 6.61 Å². The summed E-state index contributed by atoms with van der Waals surface area (Å²) >= 11 is 0. The van der Waals surface area contributed by atoms with Gasteiger partial charge >= 0.3 is 0 Å². The monoisotopic (exact) mass is 365 g/mol. The second-order valence-corrected chi connectivity index (χ2v) is 7.11. The van der Waals surface area contributed by atoms with Gasteiger partial charge in [0.2, 0.25) is 5.88 Å². The predicted octanol–water partition coefficient (Wildman–Crippen LogP) is 4.43. The van der Waals surface area contributed by atoms with Crippen LogP contribution in [-0.4, -0.2) is 29.5 Å². The summed E-state index contributed by atoms with van der Waals surface area (Å²) in [6.07, 6.45) is 2.13. The SMILES string of the molecule is C=C(C)CN1CCC(c2cccc(OCc3ccc(C#N)cc3F)n2)CC1. The molecule has 0 saturated carbocycles. The highest BCUT2D eigenvalue weighted by atomic mass is 19.1. The van der Waals surface area contributed by atoms with Crippen LogP contribution >= 0.6 is 0 Å². The fourth-order valence-electron chi connectivity index (χ4n) is 3.39. The molecule has 140 valence electrons. The Morgan fingerprint density at radius 2 is 2.11 bits per heavy atom. The lowest BCUT2D eigenvalue weighted by Gasteiger charge is -2.31. The lowest BCUT2D eigenvalue weighted by atomic mass is 9.93. The summed E-state index contributed by atoms with van der Waals surface area (Å²) in [5.41, 5.74) is 2.93. The highest BCUT2D eigenvalue weighted by Crippen LogP contribution is 2.28. The third kappa shape index (κ3) is 5.15. The van der Waals surface area contributed by atoms with Crippen molar-refractivity contribution in [3.8, 4) is 11.9 Å². The number of hydrogen-bond donors (Lipinski definition) is 0. The third-order valence-electron chi connectivity index (χ3n) is 4.80. The number of nitrogens with zero attached hydrogens (tertiary/aromatic N) is 3. The van der Waals surface area contributed by atoms with Gasteiger partial charge in [-0.2, -0.15) is 5.26 Å². The predicted molar refractivity (Wildman–Crippen MR) is 103 cm³/mol. The average Bonchev–Trinajstić information content (AvgIpc) is 2.67. The number of halogens is 1. The van der Waals surface area contributed by atoms with E-state index in [0.29, 0.717) is 22.9 Å². The van der Waals surface area contributed by atoms with Gasteiger partial charge in [0, 0.05) is 29.8 Å². The molecule has 1 aromatic carbocycles. The van der Waals surface area contributed by atoms with E-state index in [-0.39, 0.29) is 6.61 Å². The molecular weight excluding hydrogens is 341 g/mol. The molecule has 3 rings (SSSR count). The van der Waals surface area contributed by atoms with Crippen molar-refractivity contribution in [3.63, 3.8) is 0 Å². The first kappa shape index (κ1) is 19.1. The van der Waals surface area contributed by atoms with E-state index in [2.05, 4.69) is 23.4 Å². The van der Waals surface area contributed by atoms with Crippen molar-refractivity contribution in [1.29, 1.82) is 5.26 Å². The van der Waals surface area contributed by atoms with Gasteiger partial charge < -0.3 is 4.74 Å². The Kier molecular flexibility index (Phi) is 6.20. The quantitative estimate of drug-likeness (QED) is 0.711. The van der Waals surface area contributed by atoms with Gasteiger partial charge in [0.1, 0.15) is 12.4 Å². The van der Waals surface area contributed by atoms with Gasteiger partial charge in [-0.3, -0.25) is 4.90 Å². The smallest absolute Gasteiger partial charge is 0.213 e. The molecule has 1 saturated heterocycles. The minimum atomic E-state index is -0.435. The molecule has 27 heavy (non-hydrogen) atoms. The van der Waals surface area contributed by atoms with E-state index in [0.717, 1.165) is 38.2 Å². The third-order valence-corrected chi connectivity index (χ3v) is 4.80. The van der Waals surface area contributed by atoms with Crippen molar-refractivity contribution in [1.82, 2.24) is 9.88 Å². The number of benzene rings is 1. The number of ether oxygens (including phenoxy) is 1. The van der Waals surface area contributed by atoms with Gasteiger partial charge in [0.25, 0.3) is 0 Å². The molecule has 0 amide bonds. The van der Waals surface area contributed by atoms with E-state index in [1.807, 2.05) is 18.2 Å². The molecule has 0 aliphatic carbocycles. The molecule has 0 atom stereocenters. The fourth-order valence-corrected chi connectivity index (χ4v) is 3.39. The van der Waals surface area contributed by atoms with Crippen molar-refractivity contribution in [2.45, 2.75) is 32.3 Å². The van der Waals surface area contributed by atoms with Gasteiger partial charge in [-0.25, -0.2) is 9.37 Å². The van der Waals surface area contributed by atoms with Gasteiger partial charge in [-0.1, -0.05) is 24.3 Å². The second-order valence-electron chi connectivity index (χ2n) is 7.11. The van der Waals surface area contributed by atoms with Crippen LogP contribution in [0.2, 0.25) is 0 Å². The Labute approximate surface area is 159 Å². The molecule has 2 heterocycles. The maximum absolute atomic E-state index is 14.0. The molecule has 1 aromatic heterocycles. The summed E-state index contributed by atoms with van der Waals surface area (Å²) in [6.45, 7) is 9.18. The number of pyridine rings is 1. The zero-order valence-electron chi connectivity index (χ0n) is 15.6. The second kappa shape index (κ2) is 8.79. The summed E-state index contributed by atoms with van der Waals surface area (Å²) in [4.78, 5) is 7.05. The topological polar surface area (TPSA) is 49.1 Å². The van der Waals surface area contributed by atoms with Crippen LogP contribution in [0.1, 0.15) is 42.5 Å². The lowest BCUT2D eigenvalue weighted by molar-refractivity contribution is 0.225. The molecule has 1 aliphatic heterocycles. The van der Waals surface area contributed by atoms with Crippen LogP contribution in [0.15, 0.2) is 48.6 Å². The molecule has 0 N–H and O–H groups in total. The number of likely N-dealkylation sites (tertiary alicyclic amines) is 1. The molecule has 0 spiro atoms. The van der Waals surface area contributed by atoms with Crippen LogP contribution in [0, 0.1) is 17.1 Å². The number of piperidine rings is 1. The molecule has 4 nitrogen and oxygen atoms in total.